The maximum Gasteiger partial charge on any atom is 0.246 e. The summed E-state index contributed by atoms with van der Waals surface area (Å²) in [5.74, 6) is -0.144. The molecule has 3 rings (SSSR count). The second kappa shape index (κ2) is 5.65. The van der Waals surface area contributed by atoms with E-state index in [4.69, 9.17) is 0 Å². The van der Waals surface area contributed by atoms with Gasteiger partial charge in [-0.25, -0.2) is 4.68 Å². The molecule has 8 nitrogen and oxygen atoms in total. The Morgan fingerprint density at radius 3 is 2.95 bits per heavy atom. The van der Waals surface area contributed by atoms with Crippen molar-refractivity contribution < 1.29 is 4.79 Å². The van der Waals surface area contributed by atoms with Crippen LogP contribution in [0.25, 0.3) is 0 Å². The fourth-order valence-electron chi connectivity index (χ4n) is 2.09. The lowest BCUT2D eigenvalue weighted by Gasteiger charge is -2.04. The molecule has 0 radical (unpaired) electrons. The number of nitrogens with zero attached hydrogens (tertiary/aromatic N) is 4. The summed E-state index contributed by atoms with van der Waals surface area (Å²) in [5, 5.41) is 21.1. The van der Waals surface area contributed by atoms with Gasteiger partial charge < -0.3 is 10.6 Å². The van der Waals surface area contributed by atoms with Crippen LogP contribution in [-0.2, 0) is 17.9 Å². The largest absolute Gasteiger partial charge is 0.321 e. The third-order valence-electron chi connectivity index (χ3n) is 3.43. The highest BCUT2D eigenvalue weighted by atomic mass is 16.2. The number of aromatic nitrogens is 5. The van der Waals surface area contributed by atoms with Crippen LogP contribution >= 0.6 is 0 Å². The van der Waals surface area contributed by atoms with Crippen molar-refractivity contribution in [3.05, 3.63) is 23.3 Å². The van der Waals surface area contributed by atoms with Crippen molar-refractivity contribution in [1.82, 2.24) is 30.5 Å². The molecule has 1 aliphatic rings. The van der Waals surface area contributed by atoms with Gasteiger partial charge >= 0.3 is 0 Å². The Balaban J connectivity index is 1.54. The van der Waals surface area contributed by atoms with Gasteiger partial charge in [-0.3, -0.25) is 9.89 Å². The summed E-state index contributed by atoms with van der Waals surface area (Å²) < 4.78 is 1.55. The van der Waals surface area contributed by atoms with E-state index in [2.05, 4.69) is 31.1 Å². The predicted molar refractivity (Wildman–Crippen MR) is 76.6 cm³/mol. The molecule has 0 spiro atoms. The lowest BCUT2D eigenvalue weighted by atomic mass is 10.3. The number of amides is 1. The molecule has 0 unspecified atom stereocenters. The summed E-state index contributed by atoms with van der Waals surface area (Å²) in [6.45, 7) is 4.55. The van der Waals surface area contributed by atoms with E-state index in [0.29, 0.717) is 12.6 Å². The van der Waals surface area contributed by atoms with Crippen LogP contribution < -0.4 is 10.6 Å². The fourth-order valence-corrected chi connectivity index (χ4v) is 2.09. The number of nitrogens with one attached hydrogen (secondary N) is 3. The van der Waals surface area contributed by atoms with Crippen molar-refractivity contribution in [3.8, 4) is 0 Å². The average Bonchev–Trinajstić information content (AvgIpc) is 3.11. The minimum atomic E-state index is -0.144. The minimum Gasteiger partial charge on any atom is -0.321 e. The van der Waals surface area contributed by atoms with Crippen molar-refractivity contribution in [2.75, 3.05) is 5.32 Å². The van der Waals surface area contributed by atoms with Crippen LogP contribution in [0.4, 0.5) is 5.69 Å². The normalized spacial score (nSPS) is 14.4. The molecule has 8 heteroatoms. The van der Waals surface area contributed by atoms with Gasteiger partial charge in [0.2, 0.25) is 5.91 Å². The van der Waals surface area contributed by atoms with E-state index >= 15 is 0 Å². The summed E-state index contributed by atoms with van der Waals surface area (Å²) in [6.07, 6.45) is 4.27. The molecule has 1 amide bonds. The maximum atomic E-state index is 12.0. The summed E-state index contributed by atoms with van der Waals surface area (Å²) in [7, 11) is 0. The Bertz CT molecular complexity index is 621. The fraction of sp³-hybridized carbons (Fsp3) is 0.538. The third-order valence-corrected chi connectivity index (χ3v) is 3.43. The number of hydrogen-bond acceptors (Lipinski definition) is 5. The Morgan fingerprint density at radius 2 is 2.29 bits per heavy atom. The van der Waals surface area contributed by atoms with Crippen LogP contribution in [0.5, 0.6) is 0 Å². The molecule has 0 saturated heterocycles. The molecular formula is C13H19N7O. The van der Waals surface area contributed by atoms with Crippen LogP contribution in [0.1, 0.15) is 29.9 Å². The Hall–Kier alpha value is -2.22. The molecule has 21 heavy (non-hydrogen) atoms. The highest BCUT2D eigenvalue weighted by molar-refractivity contribution is 5.91. The van der Waals surface area contributed by atoms with Crippen molar-refractivity contribution in [3.63, 3.8) is 0 Å². The molecule has 1 fully saturated rings. The highest BCUT2D eigenvalue weighted by Gasteiger charge is 2.20. The van der Waals surface area contributed by atoms with Gasteiger partial charge in [0, 0.05) is 12.6 Å². The van der Waals surface area contributed by atoms with Gasteiger partial charge in [0.15, 0.2) is 0 Å². The van der Waals surface area contributed by atoms with Crippen molar-refractivity contribution in [1.29, 1.82) is 0 Å². The maximum absolute atomic E-state index is 12.0. The molecule has 0 atom stereocenters. The molecule has 2 heterocycles. The van der Waals surface area contributed by atoms with Crippen LogP contribution in [0, 0.1) is 13.8 Å². The first-order chi connectivity index (χ1) is 10.1. The number of hydrogen-bond donors (Lipinski definition) is 3. The molecule has 0 bridgehead atoms. The predicted octanol–water partition coefficient (Wildman–Crippen LogP) is 0.509. The van der Waals surface area contributed by atoms with E-state index in [1.54, 1.807) is 10.9 Å². The zero-order chi connectivity index (χ0) is 14.8. The molecule has 112 valence electrons. The van der Waals surface area contributed by atoms with Crippen molar-refractivity contribution >= 4 is 11.6 Å². The zero-order valence-electron chi connectivity index (χ0n) is 12.2. The third kappa shape index (κ3) is 3.46. The van der Waals surface area contributed by atoms with E-state index in [1.165, 1.54) is 12.8 Å². The molecular weight excluding hydrogens is 270 g/mol. The summed E-state index contributed by atoms with van der Waals surface area (Å²) in [4.78, 5) is 12.0. The van der Waals surface area contributed by atoms with Gasteiger partial charge in [-0.05, 0) is 26.7 Å². The first kappa shape index (κ1) is 13.7. The smallest absolute Gasteiger partial charge is 0.246 e. The lowest BCUT2D eigenvalue weighted by molar-refractivity contribution is -0.116. The lowest BCUT2D eigenvalue weighted by Crippen LogP contribution is -2.20. The minimum absolute atomic E-state index is 0.139. The molecule has 2 aromatic rings. The number of anilines is 1. The average molecular weight is 289 g/mol. The number of aromatic amines is 1. The number of carbonyl (C=O) groups is 1. The first-order valence-electron chi connectivity index (χ1n) is 7.05. The molecule has 0 aliphatic heterocycles. The Morgan fingerprint density at radius 1 is 1.48 bits per heavy atom. The van der Waals surface area contributed by atoms with Gasteiger partial charge in [0.1, 0.15) is 6.54 Å². The van der Waals surface area contributed by atoms with Gasteiger partial charge in [-0.1, -0.05) is 5.21 Å². The summed E-state index contributed by atoms with van der Waals surface area (Å²) >= 11 is 0. The molecule has 0 aromatic carbocycles. The van der Waals surface area contributed by atoms with Gasteiger partial charge in [0.05, 0.1) is 29.0 Å². The Labute approximate surface area is 122 Å². The summed E-state index contributed by atoms with van der Waals surface area (Å²) in [5.41, 5.74) is 3.20. The second-order valence-corrected chi connectivity index (χ2v) is 5.42. The van der Waals surface area contributed by atoms with Crippen molar-refractivity contribution in [2.45, 2.75) is 45.8 Å². The van der Waals surface area contributed by atoms with E-state index in [-0.39, 0.29) is 12.5 Å². The number of H-pyrrole nitrogens is 1. The van der Waals surface area contributed by atoms with Gasteiger partial charge in [-0.15, -0.1) is 5.10 Å². The monoisotopic (exact) mass is 289 g/mol. The number of rotatable bonds is 6. The SMILES string of the molecule is Cc1n[nH]c(C)c1NC(=O)Cn1cc(CNC2CC2)nn1. The quantitative estimate of drug-likeness (QED) is 0.719. The van der Waals surface area contributed by atoms with E-state index in [0.717, 1.165) is 22.8 Å². The molecule has 2 aromatic heterocycles. The van der Waals surface area contributed by atoms with Crippen molar-refractivity contribution in [2.24, 2.45) is 0 Å². The van der Waals surface area contributed by atoms with Gasteiger partial charge in [-0.2, -0.15) is 5.10 Å². The standard InChI is InChI=1S/C13H19N7O/c1-8-13(9(2)17-16-8)15-12(21)7-20-6-11(18-19-20)5-14-10-3-4-10/h6,10,14H,3-5,7H2,1-2H3,(H,15,21)(H,16,17). The molecule has 1 aliphatic carbocycles. The van der Waals surface area contributed by atoms with Crippen LogP contribution in [0.2, 0.25) is 0 Å². The summed E-state index contributed by atoms with van der Waals surface area (Å²) in [6, 6.07) is 0.630. The molecule has 3 N–H and O–H groups in total. The van der Waals surface area contributed by atoms with E-state index in [1.807, 2.05) is 13.8 Å². The topological polar surface area (TPSA) is 101 Å². The van der Waals surface area contributed by atoms with Crippen LogP contribution in [0.15, 0.2) is 6.20 Å². The molecule has 1 saturated carbocycles. The Kier molecular flexibility index (Phi) is 3.70. The highest BCUT2D eigenvalue weighted by Crippen LogP contribution is 2.19. The van der Waals surface area contributed by atoms with E-state index < -0.39 is 0 Å². The second-order valence-electron chi connectivity index (χ2n) is 5.42. The zero-order valence-corrected chi connectivity index (χ0v) is 12.2. The van der Waals surface area contributed by atoms with Gasteiger partial charge in [0.25, 0.3) is 0 Å². The number of carbonyl (C=O) groups excluding carboxylic acids is 1. The number of aryl methyl sites for hydroxylation is 2. The van der Waals surface area contributed by atoms with Crippen LogP contribution in [0.3, 0.4) is 0 Å². The van der Waals surface area contributed by atoms with E-state index in [9.17, 15) is 4.79 Å². The first-order valence-corrected chi connectivity index (χ1v) is 7.05. The van der Waals surface area contributed by atoms with Crippen LogP contribution in [-0.4, -0.2) is 37.1 Å².